The van der Waals surface area contributed by atoms with Crippen LogP contribution in [0.1, 0.15) is 35.8 Å². The first-order valence-electron chi connectivity index (χ1n) is 9.84. The molecule has 29 heavy (non-hydrogen) atoms. The second-order valence-corrected chi connectivity index (χ2v) is 7.21. The highest BCUT2D eigenvalue weighted by Gasteiger charge is 2.23. The molecule has 3 aromatic rings. The summed E-state index contributed by atoms with van der Waals surface area (Å²) >= 11 is 0. The Morgan fingerprint density at radius 2 is 2.03 bits per heavy atom. The monoisotopic (exact) mass is 388 g/mol. The molecule has 6 nitrogen and oxygen atoms in total. The number of pyridine rings is 2. The van der Waals surface area contributed by atoms with Crippen LogP contribution in [0.5, 0.6) is 0 Å². The number of aryl methyl sites for hydroxylation is 1. The lowest BCUT2D eigenvalue weighted by Crippen LogP contribution is -2.36. The van der Waals surface area contributed by atoms with Crippen LogP contribution in [0, 0.1) is 6.92 Å². The van der Waals surface area contributed by atoms with Crippen LogP contribution >= 0.6 is 0 Å². The molecule has 4 rings (SSSR count). The lowest BCUT2D eigenvalue weighted by Gasteiger charge is -2.31. The Labute approximate surface area is 170 Å². The smallest absolute Gasteiger partial charge is 0.246 e. The molecule has 1 aliphatic heterocycles. The van der Waals surface area contributed by atoms with E-state index < -0.39 is 0 Å². The number of carbonyl (C=O) groups excluding carboxylic acids is 1. The predicted molar refractivity (Wildman–Crippen MR) is 113 cm³/mol. The van der Waals surface area contributed by atoms with Gasteiger partial charge in [-0.1, -0.05) is 6.07 Å². The molecular weight excluding hydrogens is 364 g/mol. The largest absolute Gasteiger partial charge is 0.465 e. The maximum Gasteiger partial charge on any atom is 0.246 e. The number of nitrogens with zero attached hydrogens (tertiary/aromatic N) is 3. The summed E-state index contributed by atoms with van der Waals surface area (Å²) in [5.41, 5.74) is 2.21. The highest BCUT2D eigenvalue weighted by Crippen LogP contribution is 2.29. The fourth-order valence-corrected chi connectivity index (χ4v) is 3.59. The van der Waals surface area contributed by atoms with Gasteiger partial charge < -0.3 is 14.6 Å². The van der Waals surface area contributed by atoms with Gasteiger partial charge in [-0.05, 0) is 73.7 Å². The molecule has 6 heteroatoms. The standard InChI is InChI=1S/C23H24N4O2/c1-17-4-2-6-21(25-17)26-22-16-19(9-12-24-22)18-10-13-27(14-11-18)23(28)8-7-20-5-3-15-29-20/h2-9,12,15-16,18H,10-11,13-14H2,1H3,(H,24,25,26)/b8-7+. The van der Waals surface area contributed by atoms with Crippen LogP contribution in [0.4, 0.5) is 11.6 Å². The fraction of sp³-hybridized carbons (Fsp3) is 0.261. The molecule has 0 bridgehead atoms. The Morgan fingerprint density at radius 1 is 1.17 bits per heavy atom. The van der Waals surface area contributed by atoms with Crippen LogP contribution in [0.2, 0.25) is 0 Å². The molecule has 0 unspecified atom stereocenters. The molecule has 0 spiro atoms. The molecular formula is C23H24N4O2. The molecule has 1 amide bonds. The number of piperidine rings is 1. The van der Waals surface area contributed by atoms with Crippen molar-refractivity contribution >= 4 is 23.6 Å². The summed E-state index contributed by atoms with van der Waals surface area (Å²) < 4.78 is 5.23. The highest BCUT2D eigenvalue weighted by molar-refractivity contribution is 5.91. The van der Waals surface area contributed by atoms with Crippen molar-refractivity contribution in [3.05, 3.63) is 78.0 Å². The number of rotatable bonds is 5. The van der Waals surface area contributed by atoms with Gasteiger partial charge in [-0.15, -0.1) is 0 Å². The van der Waals surface area contributed by atoms with Gasteiger partial charge in [0.1, 0.15) is 17.4 Å². The summed E-state index contributed by atoms with van der Waals surface area (Å²) in [6, 6.07) is 13.7. The molecule has 148 valence electrons. The molecule has 0 aliphatic carbocycles. The van der Waals surface area contributed by atoms with Crippen LogP contribution in [-0.4, -0.2) is 33.9 Å². The molecule has 4 heterocycles. The van der Waals surface area contributed by atoms with Crippen molar-refractivity contribution in [3.8, 4) is 0 Å². The number of amides is 1. The Bertz CT molecular complexity index is 990. The Morgan fingerprint density at radius 3 is 2.79 bits per heavy atom. The maximum atomic E-state index is 12.4. The third-order valence-corrected chi connectivity index (χ3v) is 5.14. The summed E-state index contributed by atoms with van der Waals surface area (Å²) in [5, 5.41) is 3.28. The van der Waals surface area contributed by atoms with E-state index in [0.29, 0.717) is 11.7 Å². The molecule has 0 atom stereocenters. The summed E-state index contributed by atoms with van der Waals surface area (Å²) in [7, 11) is 0. The second kappa shape index (κ2) is 8.73. The zero-order valence-electron chi connectivity index (χ0n) is 16.4. The zero-order valence-corrected chi connectivity index (χ0v) is 16.4. The van der Waals surface area contributed by atoms with Crippen LogP contribution in [0.25, 0.3) is 6.08 Å². The van der Waals surface area contributed by atoms with Gasteiger partial charge in [0, 0.05) is 31.1 Å². The van der Waals surface area contributed by atoms with Crippen molar-refractivity contribution in [1.82, 2.24) is 14.9 Å². The zero-order chi connectivity index (χ0) is 20.1. The van der Waals surface area contributed by atoms with E-state index >= 15 is 0 Å². The van der Waals surface area contributed by atoms with E-state index in [1.165, 1.54) is 5.56 Å². The van der Waals surface area contributed by atoms with Crippen molar-refractivity contribution < 1.29 is 9.21 Å². The summed E-state index contributed by atoms with van der Waals surface area (Å²) in [4.78, 5) is 23.2. The number of furan rings is 1. The minimum Gasteiger partial charge on any atom is -0.465 e. The third-order valence-electron chi connectivity index (χ3n) is 5.14. The first-order valence-corrected chi connectivity index (χ1v) is 9.84. The van der Waals surface area contributed by atoms with Crippen molar-refractivity contribution in [2.24, 2.45) is 0 Å². The van der Waals surface area contributed by atoms with E-state index in [0.717, 1.165) is 43.3 Å². The van der Waals surface area contributed by atoms with Crippen molar-refractivity contribution in [1.29, 1.82) is 0 Å². The average molecular weight is 388 g/mol. The lowest BCUT2D eigenvalue weighted by molar-refractivity contribution is -0.126. The number of hydrogen-bond acceptors (Lipinski definition) is 5. The first kappa shape index (κ1) is 18.9. The van der Waals surface area contributed by atoms with Gasteiger partial charge >= 0.3 is 0 Å². The highest BCUT2D eigenvalue weighted by atomic mass is 16.3. The van der Waals surface area contributed by atoms with Crippen LogP contribution in [0.3, 0.4) is 0 Å². The quantitative estimate of drug-likeness (QED) is 0.650. The molecule has 1 saturated heterocycles. The first-order chi connectivity index (χ1) is 14.2. The van der Waals surface area contributed by atoms with Gasteiger partial charge in [0.2, 0.25) is 5.91 Å². The summed E-state index contributed by atoms with van der Waals surface area (Å²) in [6.07, 6.45) is 8.61. The Hall–Kier alpha value is -3.41. The molecule has 3 aromatic heterocycles. The maximum absolute atomic E-state index is 12.4. The molecule has 1 aliphatic rings. The molecule has 1 N–H and O–H groups in total. The number of aromatic nitrogens is 2. The van der Waals surface area contributed by atoms with Gasteiger partial charge in [0.25, 0.3) is 0 Å². The van der Waals surface area contributed by atoms with Crippen LogP contribution in [0.15, 0.2) is 65.4 Å². The lowest BCUT2D eigenvalue weighted by atomic mass is 9.90. The summed E-state index contributed by atoms with van der Waals surface area (Å²) in [6.45, 7) is 3.46. The molecule has 0 aromatic carbocycles. The van der Waals surface area contributed by atoms with Crippen LogP contribution in [-0.2, 0) is 4.79 Å². The van der Waals surface area contributed by atoms with E-state index in [9.17, 15) is 4.79 Å². The minimum atomic E-state index is 0.0301. The molecule has 1 fully saturated rings. The van der Waals surface area contributed by atoms with E-state index in [1.807, 2.05) is 48.4 Å². The fourth-order valence-electron chi connectivity index (χ4n) is 3.59. The molecule has 0 radical (unpaired) electrons. The Balaban J connectivity index is 1.35. The van der Waals surface area contributed by atoms with Gasteiger partial charge in [0.15, 0.2) is 0 Å². The van der Waals surface area contributed by atoms with E-state index in [-0.39, 0.29) is 5.91 Å². The van der Waals surface area contributed by atoms with Crippen molar-refractivity contribution in [2.75, 3.05) is 18.4 Å². The van der Waals surface area contributed by atoms with Gasteiger partial charge in [-0.25, -0.2) is 9.97 Å². The van der Waals surface area contributed by atoms with Crippen LogP contribution < -0.4 is 5.32 Å². The SMILES string of the molecule is Cc1cccc(Nc2cc(C3CCN(C(=O)/C=C/c4ccco4)CC3)ccn2)n1. The van der Waals surface area contributed by atoms with Gasteiger partial charge in [-0.3, -0.25) is 4.79 Å². The predicted octanol–water partition coefficient (Wildman–Crippen LogP) is 4.54. The number of anilines is 2. The van der Waals surface area contributed by atoms with Crippen molar-refractivity contribution in [3.63, 3.8) is 0 Å². The Kier molecular flexibility index (Phi) is 5.70. The van der Waals surface area contributed by atoms with E-state index in [1.54, 1.807) is 18.4 Å². The van der Waals surface area contributed by atoms with Gasteiger partial charge in [0.05, 0.1) is 6.26 Å². The van der Waals surface area contributed by atoms with E-state index in [4.69, 9.17) is 4.42 Å². The number of nitrogens with one attached hydrogen (secondary N) is 1. The van der Waals surface area contributed by atoms with E-state index in [2.05, 4.69) is 27.4 Å². The third kappa shape index (κ3) is 4.90. The average Bonchev–Trinajstić information content (AvgIpc) is 3.26. The number of hydrogen-bond donors (Lipinski definition) is 1. The summed E-state index contributed by atoms with van der Waals surface area (Å²) in [5.74, 6) is 2.72. The second-order valence-electron chi connectivity index (χ2n) is 7.21. The topological polar surface area (TPSA) is 71.3 Å². The number of carbonyl (C=O) groups is 1. The molecule has 0 saturated carbocycles. The minimum absolute atomic E-state index is 0.0301. The van der Waals surface area contributed by atoms with Gasteiger partial charge in [-0.2, -0.15) is 0 Å². The number of likely N-dealkylation sites (tertiary alicyclic amines) is 1. The normalized spacial score (nSPS) is 15.0. The van der Waals surface area contributed by atoms with Crippen molar-refractivity contribution in [2.45, 2.75) is 25.7 Å².